The molecule has 1 unspecified atom stereocenters. The Hall–Kier alpha value is -0.863. The Labute approximate surface area is 245 Å². The Bertz CT molecular complexity index is 741. The zero-order valence-corrected chi connectivity index (χ0v) is 25.5. The molecule has 1 amide bonds. The number of anilines is 1. The fourth-order valence-electron chi connectivity index (χ4n) is 3.26. The quantitative estimate of drug-likeness (QED) is 0.219. The first-order valence-corrected chi connectivity index (χ1v) is 18.4. The van der Waals surface area contributed by atoms with E-state index in [0.717, 1.165) is 19.3 Å². The van der Waals surface area contributed by atoms with E-state index < -0.39 is 18.2 Å². The second-order valence-electron chi connectivity index (χ2n) is 8.54. The van der Waals surface area contributed by atoms with E-state index in [-0.39, 0.29) is 13.2 Å². The summed E-state index contributed by atoms with van der Waals surface area (Å²) < 4.78 is 44.3. The average Bonchev–Trinajstić information content (AvgIpc) is 2.90. The molecule has 2 rings (SSSR count). The maximum absolute atomic E-state index is 12.3. The van der Waals surface area contributed by atoms with Crippen LogP contribution in [-0.4, -0.2) is 104 Å². The maximum Gasteiger partial charge on any atom is 0.411 e. The molecule has 0 aromatic heterocycles. The summed E-state index contributed by atoms with van der Waals surface area (Å²) in [6.07, 6.45) is 1.64. The number of rotatable bonds is 10. The van der Waals surface area contributed by atoms with Crippen LogP contribution in [0.4, 0.5) is 10.5 Å². The molecule has 39 heavy (non-hydrogen) atoms. The van der Waals surface area contributed by atoms with E-state index in [1.807, 2.05) is 0 Å². The lowest BCUT2D eigenvalue weighted by Gasteiger charge is -2.19. The van der Waals surface area contributed by atoms with Crippen LogP contribution in [0, 0.1) is 0 Å². The van der Waals surface area contributed by atoms with Gasteiger partial charge in [0.1, 0.15) is 18.5 Å². The second kappa shape index (κ2) is 21.8. The smallest absolute Gasteiger partial charge is 0.411 e. The number of hydrogen-bond acceptors (Lipinski definition) is 9. The molecule has 0 aliphatic carbocycles. The zero-order valence-electron chi connectivity index (χ0n) is 22.2. The number of carbonyl (C=O) groups is 1. The molecule has 1 N–H and O–H groups in total. The SMILES string of the molecule is O=C(Nc1ccc(OCCCCC[Si](Cl)(Cl)Cl)cc1)OCC1COCCOCCOCCOCCOCCO1. The molecule has 0 radical (unpaired) electrons. The van der Waals surface area contributed by atoms with Gasteiger partial charge in [-0.2, -0.15) is 0 Å². The van der Waals surface area contributed by atoms with Crippen LogP contribution in [0.2, 0.25) is 6.04 Å². The third-order valence-corrected chi connectivity index (χ3v) is 7.87. The minimum absolute atomic E-state index is 0.0194. The van der Waals surface area contributed by atoms with Crippen molar-refractivity contribution in [3.63, 3.8) is 0 Å². The fourth-order valence-corrected chi connectivity index (χ4v) is 5.12. The molecule has 10 nitrogen and oxygen atoms in total. The largest absolute Gasteiger partial charge is 0.494 e. The average molecular weight is 633 g/mol. The number of carbonyl (C=O) groups excluding carboxylic acids is 1. The van der Waals surface area contributed by atoms with Crippen molar-refractivity contribution in [2.75, 3.05) is 91.2 Å². The minimum atomic E-state index is -2.54. The van der Waals surface area contributed by atoms with Crippen molar-refractivity contribution in [1.29, 1.82) is 0 Å². The summed E-state index contributed by atoms with van der Waals surface area (Å²) in [6.45, 7) is 5.28. The number of unbranched alkanes of at least 4 members (excludes halogenated alkanes) is 2. The number of halogens is 3. The fraction of sp³-hybridized carbons (Fsp3) is 0.720. The highest BCUT2D eigenvalue weighted by Crippen LogP contribution is 2.27. The van der Waals surface area contributed by atoms with Gasteiger partial charge in [-0.3, -0.25) is 5.32 Å². The van der Waals surface area contributed by atoms with Crippen molar-refractivity contribution in [2.45, 2.75) is 31.4 Å². The van der Waals surface area contributed by atoms with Gasteiger partial charge in [0, 0.05) is 5.69 Å². The highest BCUT2D eigenvalue weighted by atomic mass is 35.8. The summed E-state index contributed by atoms with van der Waals surface area (Å²) in [5.41, 5.74) is 0.582. The number of hydrogen-bond donors (Lipinski definition) is 1. The van der Waals surface area contributed by atoms with Gasteiger partial charge < -0.3 is 37.9 Å². The number of nitrogens with one attached hydrogen (secondary N) is 1. The van der Waals surface area contributed by atoms with Crippen LogP contribution >= 0.6 is 33.2 Å². The molecule has 1 saturated heterocycles. The van der Waals surface area contributed by atoms with Crippen molar-refractivity contribution < 1.29 is 42.7 Å². The van der Waals surface area contributed by atoms with Crippen molar-refractivity contribution >= 4 is 51.0 Å². The zero-order chi connectivity index (χ0) is 28.0. The summed E-state index contributed by atoms with van der Waals surface area (Å²) in [6, 6.07) is 5.17. The molecular formula is C25H40Cl3NO9Si. The molecule has 0 saturated carbocycles. The molecule has 1 aromatic carbocycles. The monoisotopic (exact) mass is 631 g/mol. The predicted octanol–water partition coefficient (Wildman–Crippen LogP) is 4.92. The molecule has 1 aliphatic rings. The molecule has 1 fully saturated rings. The van der Waals surface area contributed by atoms with Crippen LogP contribution in [0.25, 0.3) is 0 Å². The van der Waals surface area contributed by atoms with E-state index in [9.17, 15) is 4.79 Å². The Morgan fingerprint density at radius 1 is 0.795 bits per heavy atom. The number of amides is 1. The summed E-state index contributed by atoms with van der Waals surface area (Å²) in [4.78, 5) is 12.3. The van der Waals surface area contributed by atoms with Gasteiger partial charge in [-0.15, -0.1) is 33.2 Å². The van der Waals surface area contributed by atoms with Crippen molar-refractivity contribution in [1.82, 2.24) is 0 Å². The van der Waals surface area contributed by atoms with Gasteiger partial charge in [0.2, 0.25) is 0 Å². The molecule has 224 valence electrons. The molecule has 1 heterocycles. The molecular weight excluding hydrogens is 593 g/mol. The first-order chi connectivity index (χ1) is 18.9. The first-order valence-electron chi connectivity index (χ1n) is 13.2. The highest BCUT2D eigenvalue weighted by molar-refractivity contribution is 7.64. The van der Waals surface area contributed by atoms with Gasteiger partial charge in [-0.25, -0.2) is 4.79 Å². The minimum Gasteiger partial charge on any atom is -0.494 e. The number of ether oxygens (including phenoxy) is 8. The molecule has 1 aliphatic heterocycles. The van der Waals surface area contributed by atoms with E-state index in [1.165, 1.54) is 0 Å². The van der Waals surface area contributed by atoms with E-state index in [4.69, 9.17) is 71.1 Å². The van der Waals surface area contributed by atoms with Gasteiger partial charge in [-0.05, 0) is 36.7 Å². The lowest BCUT2D eigenvalue weighted by Crippen LogP contribution is -2.30. The Morgan fingerprint density at radius 2 is 1.36 bits per heavy atom. The normalized spacial score (nSPS) is 19.4. The van der Waals surface area contributed by atoms with Gasteiger partial charge in [0.25, 0.3) is 0 Å². The van der Waals surface area contributed by atoms with Gasteiger partial charge >= 0.3 is 12.1 Å². The van der Waals surface area contributed by atoms with E-state index >= 15 is 0 Å². The van der Waals surface area contributed by atoms with Crippen LogP contribution in [0.15, 0.2) is 24.3 Å². The molecule has 0 spiro atoms. The van der Waals surface area contributed by atoms with Crippen LogP contribution < -0.4 is 10.1 Å². The second-order valence-corrected chi connectivity index (χ2v) is 17.8. The molecule has 1 aromatic rings. The highest BCUT2D eigenvalue weighted by Gasteiger charge is 2.23. The van der Waals surface area contributed by atoms with Gasteiger partial charge in [0.15, 0.2) is 0 Å². The summed E-state index contributed by atoms with van der Waals surface area (Å²) in [5.74, 6) is 0.706. The van der Waals surface area contributed by atoms with Crippen LogP contribution in [0.3, 0.4) is 0 Å². The van der Waals surface area contributed by atoms with E-state index in [0.29, 0.717) is 90.2 Å². The third kappa shape index (κ3) is 19.8. The Kier molecular flexibility index (Phi) is 19.2. The van der Waals surface area contributed by atoms with E-state index in [1.54, 1.807) is 24.3 Å². The summed E-state index contributed by atoms with van der Waals surface area (Å²) in [5, 5.41) is 2.70. The molecule has 0 bridgehead atoms. The first kappa shape index (κ1) is 34.3. The topological polar surface area (TPSA) is 103 Å². The van der Waals surface area contributed by atoms with Crippen molar-refractivity contribution in [3.8, 4) is 5.75 Å². The van der Waals surface area contributed by atoms with Crippen LogP contribution in [0.5, 0.6) is 5.75 Å². The maximum atomic E-state index is 12.3. The molecule has 1 atom stereocenters. The summed E-state index contributed by atoms with van der Waals surface area (Å²) in [7, 11) is 0. The Balaban J connectivity index is 1.66. The standard InChI is InChI=1S/C25H40Cl3NO9Si/c26-39(27,28)19-3-1-2-8-36-23-6-4-22(5-7-23)29-25(30)38-21-24-20-35-16-15-33-12-11-31-9-10-32-13-14-34-17-18-37-24/h4-7,24H,1-3,8-21H2,(H,29,30). The lowest BCUT2D eigenvalue weighted by atomic mass is 10.2. The van der Waals surface area contributed by atoms with Crippen molar-refractivity contribution in [3.05, 3.63) is 24.3 Å². The lowest BCUT2D eigenvalue weighted by molar-refractivity contribution is -0.0746. The van der Waals surface area contributed by atoms with E-state index in [2.05, 4.69) is 5.32 Å². The van der Waals surface area contributed by atoms with Gasteiger partial charge in [-0.1, -0.05) is 12.8 Å². The predicted molar refractivity (Wildman–Crippen MR) is 153 cm³/mol. The molecule has 14 heteroatoms. The third-order valence-electron chi connectivity index (χ3n) is 5.25. The van der Waals surface area contributed by atoms with Crippen LogP contribution in [-0.2, 0) is 33.2 Å². The number of benzene rings is 1. The van der Waals surface area contributed by atoms with Crippen molar-refractivity contribution in [2.24, 2.45) is 0 Å². The summed E-state index contributed by atoms with van der Waals surface area (Å²) >= 11 is 17.7. The Morgan fingerprint density at radius 3 is 1.95 bits per heavy atom. The van der Waals surface area contributed by atoms with Crippen LogP contribution in [0.1, 0.15) is 19.3 Å². The van der Waals surface area contributed by atoms with Gasteiger partial charge in [0.05, 0.1) is 79.3 Å².